The lowest BCUT2D eigenvalue weighted by atomic mass is 10.0. The second kappa shape index (κ2) is 6.44. The molecule has 0 saturated carbocycles. The number of H-pyrrole nitrogens is 1. The molecule has 26 heavy (non-hydrogen) atoms. The van der Waals surface area contributed by atoms with Gasteiger partial charge in [0, 0.05) is 5.56 Å². The van der Waals surface area contributed by atoms with Crippen LogP contribution in [0.2, 0.25) is 0 Å². The zero-order valence-corrected chi connectivity index (χ0v) is 14.1. The molecule has 4 rings (SSSR count). The van der Waals surface area contributed by atoms with Crippen molar-refractivity contribution in [3.8, 4) is 11.3 Å². The van der Waals surface area contributed by atoms with Crippen molar-refractivity contribution >= 4 is 22.4 Å². The summed E-state index contributed by atoms with van der Waals surface area (Å²) in [5.41, 5.74) is 2.80. The molecule has 4 aromatic rings. The van der Waals surface area contributed by atoms with Crippen molar-refractivity contribution in [1.29, 1.82) is 0 Å². The van der Waals surface area contributed by atoms with Gasteiger partial charge in [0.05, 0.1) is 11.4 Å². The fraction of sp³-hybridized carbons (Fsp3) is 0.0476. The number of aromatic nitrogens is 2. The number of rotatable bonds is 3. The van der Waals surface area contributed by atoms with E-state index < -0.39 is 11.7 Å². The monoisotopic (exact) mass is 345 g/mol. The smallest absolute Gasteiger partial charge is 0.273 e. The van der Waals surface area contributed by atoms with Crippen LogP contribution in [0.25, 0.3) is 22.0 Å². The highest BCUT2D eigenvalue weighted by atomic mass is 19.1. The molecular formula is C21H16FN3O. The van der Waals surface area contributed by atoms with Crippen molar-refractivity contribution in [2.45, 2.75) is 6.92 Å². The topological polar surface area (TPSA) is 57.8 Å². The van der Waals surface area contributed by atoms with Gasteiger partial charge in [-0.15, -0.1) is 0 Å². The summed E-state index contributed by atoms with van der Waals surface area (Å²) in [5.74, 6) is -0.904. The third kappa shape index (κ3) is 2.95. The summed E-state index contributed by atoms with van der Waals surface area (Å²) in [6.07, 6.45) is 0. The van der Waals surface area contributed by atoms with Crippen molar-refractivity contribution in [1.82, 2.24) is 10.2 Å². The van der Waals surface area contributed by atoms with Crippen LogP contribution in [0, 0.1) is 12.7 Å². The second-order valence-electron chi connectivity index (χ2n) is 6.13. The number of halogens is 1. The number of benzene rings is 3. The molecule has 1 heterocycles. The van der Waals surface area contributed by atoms with Crippen LogP contribution in [-0.4, -0.2) is 16.1 Å². The maximum atomic E-state index is 13.9. The highest BCUT2D eigenvalue weighted by molar-refractivity contribution is 6.04. The summed E-state index contributed by atoms with van der Waals surface area (Å²) in [5, 5.41) is 11.7. The maximum Gasteiger partial charge on any atom is 0.273 e. The summed E-state index contributed by atoms with van der Waals surface area (Å²) in [4.78, 5) is 12.4. The van der Waals surface area contributed by atoms with E-state index in [1.807, 2.05) is 42.5 Å². The summed E-state index contributed by atoms with van der Waals surface area (Å²) in [6, 6.07) is 20.3. The molecule has 0 atom stereocenters. The molecule has 1 amide bonds. The summed E-state index contributed by atoms with van der Waals surface area (Å²) in [6.45, 7) is 1.79. The Bertz CT molecular complexity index is 1110. The van der Waals surface area contributed by atoms with Gasteiger partial charge in [-0.25, -0.2) is 4.39 Å². The summed E-state index contributed by atoms with van der Waals surface area (Å²) in [7, 11) is 0. The molecule has 5 heteroatoms. The van der Waals surface area contributed by atoms with E-state index in [1.54, 1.807) is 25.1 Å². The first kappa shape index (κ1) is 16.0. The molecule has 0 saturated heterocycles. The van der Waals surface area contributed by atoms with Crippen LogP contribution < -0.4 is 5.32 Å². The SMILES string of the molecule is Cc1ccc(NC(=O)c2cc(-c3cccc4ccccc34)n[nH]2)c(F)c1. The van der Waals surface area contributed by atoms with Crippen molar-refractivity contribution in [2.24, 2.45) is 0 Å². The van der Waals surface area contributed by atoms with E-state index in [2.05, 4.69) is 15.5 Å². The number of carbonyl (C=O) groups excluding carboxylic acids is 1. The standard InChI is InChI=1S/C21H16FN3O/c1-13-9-10-18(17(22)11-13)23-21(26)20-12-19(24-25-20)16-8-4-6-14-5-2-3-7-15(14)16/h2-12H,1H3,(H,23,26)(H,24,25). The molecule has 0 aliphatic carbocycles. The lowest BCUT2D eigenvalue weighted by molar-refractivity contribution is 0.102. The van der Waals surface area contributed by atoms with Gasteiger partial charge < -0.3 is 5.32 Å². The molecule has 0 aliphatic heterocycles. The minimum Gasteiger partial charge on any atom is -0.318 e. The minimum absolute atomic E-state index is 0.141. The third-order valence-corrected chi connectivity index (χ3v) is 4.26. The fourth-order valence-corrected chi connectivity index (χ4v) is 2.94. The molecule has 1 aromatic heterocycles. The number of aromatic amines is 1. The van der Waals surface area contributed by atoms with Gasteiger partial charge in [-0.2, -0.15) is 5.10 Å². The van der Waals surface area contributed by atoms with Crippen molar-refractivity contribution in [3.05, 3.63) is 83.8 Å². The Morgan fingerprint density at radius 1 is 1.04 bits per heavy atom. The normalized spacial score (nSPS) is 10.8. The number of nitrogens with zero attached hydrogens (tertiary/aromatic N) is 1. The van der Waals surface area contributed by atoms with Gasteiger partial charge in [0.1, 0.15) is 11.5 Å². The van der Waals surface area contributed by atoms with E-state index in [1.165, 1.54) is 6.07 Å². The molecule has 0 aliphatic rings. The molecule has 2 N–H and O–H groups in total. The van der Waals surface area contributed by atoms with Crippen LogP contribution in [0.3, 0.4) is 0 Å². The van der Waals surface area contributed by atoms with Crippen LogP contribution in [0.1, 0.15) is 16.1 Å². The number of aryl methyl sites for hydroxylation is 1. The third-order valence-electron chi connectivity index (χ3n) is 4.26. The van der Waals surface area contributed by atoms with Gasteiger partial charge >= 0.3 is 0 Å². The number of fused-ring (bicyclic) bond motifs is 1. The largest absolute Gasteiger partial charge is 0.318 e. The quantitative estimate of drug-likeness (QED) is 0.553. The van der Waals surface area contributed by atoms with Crippen LogP contribution in [0.5, 0.6) is 0 Å². The van der Waals surface area contributed by atoms with E-state index in [0.29, 0.717) is 5.69 Å². The average molecular weight is 345 g/mol. The average Bonchev–Trinajstić information content (AvgIpc) is 3.13. The number of anilines is 1. The first-order chi connectivity index (χ1) is 12.6. The van der Waals surface area contributed by atoms with Gasteiger partial charge in [-0.3, -0.25) is 9.89 Å². The van der Waals surface area contributed by atoms with Crippen molar-refractivity contribution in [3.63, 3.8) is 0 Å². The zero-order valence-electron chi connectivity index (χ0n) is 14.1. The van der Waals surface area contributed by atoms with E-state index in [9.17, 15) is 9.18 Å². The fourth-order valence-electron chi connectivity index (χ4n) is 2.94. The highest BCUT2D eigenvalue weighted by Crippen LogP contribution is 2.27. The number of hydrogen-bond donors (Lipinski definition) is 2. The van der Waals surface area contributed by atoms with Gasteiger partial charge in [0.15, 0.2) is 0 Å². The first-order valence-corrected chi connectivity index (χ1v) is 8.23. The summed E-state index contributed by atoms with van der Waals surface area (Å²) < 4.78 is 13.9. The van der Waals surface area contributed by atoms with Crippen LogP contribution >= 0.6 is 0 Å². The molecule has 3 aromatic carbocycles. The molecule has 0 radical (unpaired) electrons. The van der Waals surface area contributed by atoms with Crippen molar-refractivity contribution in [2.75, 3.05) is 5.32 Å². The Hall–Kier alpha value is -3.47. The molecule has 0 unspecified atom stereocenters. The number of amides is 1. The predicted molar refractivity (Wildman–Crippen MR) is 101 cm³/mol. The predicted octanol–water partition coefficient (Wildman–Crippen LogP) is 4.93. The Balaban J connectivity index is 1.64. The first-order valence-electron chi connectivity index (χ1n) is 8.23. The van der Waals surface area contributed by atoms with Crippen LogP contribution in [-0.2, 0) is 0 Å². The lowest BCUT2D eigenvalue weighted by Gasteiger charge is -2.05. The van der Waals surface area contributed by atoms with Crippen molar-refractivity contribution < 1.29 is 9.18 Å². The van der Waals surface area contributed by atoms with Gasteiger partial charge in [-0.05, 0) is 41.5 Å². The molecule has 0 fully saturated rings. The van der Waals surface area contributed by atoms with E-state index >= 15 is 0 Å². The Morgan fingerprint density at radius 3 is 2.69 bits per heavy atom. The maximum absolute atomic E-state index is 13.9. The zero-order chi connectivity index (χ0) is 18.1. The Labute approximate surface area is 149 Å². The van der Waals surface area contributed by atoms with E-state index in [0.717, 1.165) is 21.9 Å². The van der Waals surface area contributed by atoms with Crippen LogP contribution in [0.15, 0.2) is 66.7 Å². The Kier molecular flexibility index (Phi) is 3.97. The summed E-state index contributed by atoms with van der Waals surface area (Å²) >= 11 is 0. The number of nitrogens with one attached hydrogen (secondary N) is 2. The minimum atomic E-state index is -0.466. The Morgan fingerprint density at radius 2 is 1.85 bits per heavy atom. The van der Waals surface area contributed by atoms with E-state index in [-0.39, 0.29) is 11.4 Å². The molecular weight excluding hydrogens is 329 g/mol. The molecule has 128 valence electrons. The second-order valence-corrected chi connectivity index (χ2v) is 6.13. The lowest BCUT2D eigenvalue weighted by Crippen LogP contribution is -2.13. The van der Waals surface area contributed by atoms with Gasteiger partial charge in [0.25, 0.3) is 5.91 Å². The number of hydrogen-bond acceptors (Lipinski definition) is 2. The highest BCUT2D eigenvalue weighted by Gasteiger charge is 2.14. The number of carbonyl (C=O) groups is 1. The van der Waals surface area contributed by atoms with Crippen LogP contribution in [0.4, 0.5) is 10.1 Å². The molecule has 0 spiro atoms. The molecule has 4 nitrogen and oxygen atoms in total. The van der Waals surface area contributed by atoms with E-state index in [4.69, 9.17) is 0 Å². The van der Waals surface area contributed by atoms with Gasteiger partial charge in [0.2, 0.25) is 0 Å². The molecule has 0 bridgehead atoms. The van der Waals surface area contributed by atoms with Gasteiger partial charge in [-0.1, -0.05) is 48.5 Å².